The molecule has 0 rings (SSSR count). The number of hydrogen-bond acceptors (Lipinski definition) is 3. The minimum Gasteiger partial charge on any atom is -0.305 e. The van der Waals surface area contributed by atoms with Crippen LogP contribution >= 0.6 is 0 Å². The fraction of sp³-hybridized carbons (Fsp3) is 1.00. The maximum absolute atomic E-state index is 11.1. The molecule has 0 heterocycles. The lowest BCUT2D eigenvalue weighted by Gasteiger charge is -2.26. The maximum atomic E-state index is 11.1. The van der Waals surface area contributed by atoms with Crippen LogP contribution in [0.15, 0.2) is 0 Å². The molecule has 0 spiro atoms. The fourth-order valence-electron chi connectivity index (χ4n) is 1.02. The first kappa shape index (κ1) is 12.9. The highest BCUT2D eigenvalue weighted by Gasteiger charge is 2.18. The van der Waals surface area contributed by atoms with Crippen LogP contribution in [0.4, 0.5) is 0 Å². The summed E-state index contributed by atoms with van der Waals surface area (Å²) in [6.07, 6.45) is 1.23. The summed E-state index contributed by atoms with van der Waals surface area (Å²) in [5.41, 5.74) is 0. The second kappa shape index (κ2) is 4.93. The van der Waals surface area contributed by atoms with Crippen LogP contribution in [0, 0.1) is 0 Å². The minimum absolute atomic E-state index is 0.0277. The second-order valence-corrected chi connectivity index (χ2v) is 5.53. The molecule has 0 saturated carbocycles. The summed E-state index contributed by atoms with van der Waals surface area (Å²) in [4.78, 5) is 2.09. The molecule has 0 bridgehead atoms. The van der Waals surface area contributed by atoms with Crippen molar-refractivity contribution >= 4 is 10.0 Å². The Balaban J connectivity index is 4.20. The first-order valence-corrected chi connectivity index (χ1v) is 6.25. The van der Waals surface area contributed by atoms with Crippen molar-refractivity contribution in [2.75, 3.05) is 33.4 Å². The van der Waals surface area contributed by atoms with Gasteiger partial charge >= 0.3 is 0 Å². The molecule has 5 heteroatoms. The Morgan fingerprint density at radius 3 is 2.08 bits per heavy atom. The Kier molecular flexibility index (Phi) is 4.88. The van der Waals surface area contributed by atoms with E-state index < -0.39 is 10.0 Å². The molecule has 0 N–H and O–H groups in total. The van der Waals surface area contributed by atoms with Gasteiger partial charge in [0.15, 0.2) is 0 Å². The zero-order valence-electron chi connectivity index (χ0n) is 9.11. The topological polar surface area (TPSA) is 40.6 Å². The highest BCUT2D eigenvalue weighted by atomic mass is 32.2. The quantitative estimate of drug-likeness (QED) is 0.649. The number of nitrogens with zero attached hydrogens (tertiary/aromatic N) is 2. The van der Waals surface area contributed by atoms with Crippen molar-refractivity contribution in [3.63, 3.8) is 0 Å². The number of rotatable bonds is 5. The maximum Gasteiger partial charge on any atom is 0.211 e. The van der Waals surface area contributed by atoms with Crippen LogP contribution < -0.4 is 0 Å². The number of likely N-dealkylation sites (N-methyl/N-ethyl adjacent to an activating group) is 2. The van der Waals surface area contributed by atoms with Gasteiger partial charge in [0.2, 0.25) is 10.0 Å². The van der Waals surface area contributed by atoms with Gasteiger partial charge in [-0.15, -0.1) is 0 Å². The van der Waals surface area contributed by atoms with Crippen molar-refractivity contribution < 1.29 is 8.42 Å². The molecule has 0 aliphatic rings. The average molecular weight is 208 g/mol. The molecule has 0 amide bonds. The monoisotopic (exact) mass is 208 g/mol. The second-order valence-electron chi connectivity index (χ2n) is 3.48. The molecule has 0 saturated heterocycles. The lowest BCUT2D eigenvalue weighted by molar-refractivity contribution is 0.266. The normalized spacial score (nSPS) is 15.3. The van der Waals surface area contributed by atoms with Gasteiger partial charge in [-0.3, -0.25) is 0 Å². The van der Waals surface area contributed by atoms with E-state index in [9.17, 15) is 8.42 Å². The van der Waals surface area contributed by atoms with Gasteiger partial charge in [-0.2, -0.15) is 0 Å². The van der Waals surface area contributed by atoms with Crippen molar-refractivity contribution in [3.05, 3.63) is 0 Å². The van der Waals surface area contributed by atoms with E-state index in [1.807, 2.05) is 20.9 Å². The zero-order valence-corrected chi connectivity index (χ0v) is 9.93. The van der Waals surface area contributed by atoms with Crippen LogP contribution in [0.1, 0.15) is 13.8 Å². The van der Waals surface area contributed by atoms with Crippen molar-refractivity contribution in [1.29, 1.82) is 0 Å². The van der Waals surface area contributed by atoms with Crippen LogP contribution in [0.3, 0.4) is 0 Å². The molecule has 0 radical (unpaired) electrons. The third-order valence-corrected chi connectivity index (χ3v) is 3.67. The van der Waals surface area contributed by atoms with Crippen LogP contribution in [0.2, 0.25) is 0 Å². The van der Waals surface area contributed by atoms with Crippen molar-refractivity contribution in [3.8, 4) is 0 Å². The molecule has 0 aliphatic carbocycles. The van der Waals surface area contributed by atoms with Crippen molar-refractivity contribution in [1.82, 2.24) is 9.21 Å². The van der Waals surface area contributed by atoms with E-state index in [1.54, 1.807) is 7.05 Å². The van der Waals surface area contributed by atoms with E-state index in [2.05, 4.69) is 4.90 Å². The smallest absolute Gasteiger partial charge is 0.211 e. The molecule has 0 aliphatic heterocycles. The predicted octanol–water partition coefficient (Wildman–Crippen LogP) is 0.218. The first-order chi connectivity index (χ1) is 5.79. The van der Waals surface area contributed by atoms with E-state index in [-0.39, 0.29) is 6.04 Å². The van der Waals surface area contributed by atoms with Gasteiger partial charge in [-0.25, -0.2) is 12.7 Å². The first-order valence-electron chi connectivity index (χ1n) is 4.40. The lowest BCUT2D eigenvalue weighted by Crippen LogP contribution is -2.41. The van der Waals surface area contributed by atoms with Crippen LogP contribution in [0.25, 0.3) is 0 Å². The number of sulfonamides is 1. The Morgan fingerprint density at radius 2 is 1.77 bits per heavy atom. The molecular weight excluding hydrogens is 188 g/mol. The minimum atomic E-state index is -3.05. The van der Waals surface area contributed by atoms with Crippen LogP contribution in [0.5, 0.6) is 0 Å². The Morgan fingerprint density at radius 1 is 1.31 bits per heavy atom. The van der Waals surface area contributed by atoms with Crippen LogP contribution in [-0.4, -0.2) is 57.1 Å². The molecule has 80 valence electrons. The molecule has 1 atom stereocenters. The zero-order chi connectivity index (χ0) is 10.6. The van der Waals surface area contributed by atoms with Gasteiger partial charge in [-0.05, 0) is 20.5 Å². The molecule has 0 aromatic carbocycles. The van der Waals surface area contributed by atoms with E-state index in [0.717, 1.165) is 13.1 Å². The fourth-order valence-corrected chi connectivity index (χ4v) is 1.74. The summed E-state index contributed by atoms with van der Waals surface area (Å²) in [7, 11) is 0.544. The largest absolute Gasteiger partial charge is 0.305 e. The Bertz CT molecular complexity index is 239. The van der Waals surface area contributed by atoms with Gasteiger partial charge in [-0.1, -0.05) is 6.92 Å². The standard InChI is InChI=1S/C8H20N2O2S/c1-6-9(3)7-8(2)10(4)13(5,11)12/h8H,6-7H2,1-5H3. The highest BCUT2D eigenvalue weighted by molar-refractivity contribution is 7.88. The third-order valence-electron chi connectivity index (χ3n) is 2.26. The highest BCUT2D eigenvalue weighted by Crippen LogP contribution is 2.02. The average Bonchev–Trinajstić information content (AvgIpc) is 2.01. The van der Waals surface area contributed by atoms with Gasteiger partial charge in [0, 0.05) is 19.6 Å². The van der Waals surface area contributed by atoms with E-state index in [4.69, 9.17) is 0 Å². The Labute approximate surface area is 81.6 Å². The summed E-state index contributed by atoms with van der Waals surface area (Å²) >= 11 is 0. The summed E-state index contributed by atoms with van der Waals surface area (Å²) in [6, 6.07) is 0.0277. The van der Waals surface area contributed by atoms with Crippen LogP contribution in [-0.2, 0) is 10.0 Å². The van der Waals surface area contributed by atoms with E-state index in [0.29, 0.717) is 0 Å². The third kappa shape index (κ3) is 4.59. The summed E-state index contributed by atoms with van der Waals surface area (Å²) in [5, 5.41) is 0. The van der Waals surface area contributed by atoms with Gasteiger partial charge < -0.3 is 4.90 Å². The van der Waals surface area contributed by atoms with Crippen molar-refractivity contribution in [2.45, 2.75) is 19.9 Å². The molecule has 4 nitrogen and oxygen atoms in total. The molecule has 13 heavy (non-hydrogen) atoms. The van der Waals surface area contributed by atoms with E-state index >= 15 is 0 Å². The van der Waals surface area contributed by atoms with Gasteiger partial charge in [0.1, 0.15) is 0 Å². The predicted molar refractivity (Wildman–Crippen MR) is 55.2 cm³/mol. The molecule has 0 aromatic heterocycles. The van der Waals surface area contributed by atoms with E-state index in [1.165, 1.54) is 10.6 Å². The SMILES string of the molecule is CCN(C)CC(C)N(C)S(C)(=O)=O. The summed E-state index contributed by atoms with van der Waals surface area (Å²) in [6.45, 7) is 5.66. The Hall–Kier alpha value is -0.130. The molecule has 1 unspecified atom stereocenters. The summed E-state index contributed by atoms with van der Waals surface area (Å²) in [5.74, 6) is 0. The van der Waals surface area contributed by atoms with Gasteiger partial charge in [0.25, 0.3) is 0 Å². The van der Waals surface area contributed by atoms with Crippen molar-refractivity contribution in [2.24, 2.45) is 0 Å². The molecular formula is C8H20N2O2S. The lowest BCUT2D eigenvalue weighted by atomic mass is 10.3. The molecule has 0 fully saturated rings. The number of hydrogen-bond donors (Lipinski definition) is 0. The van der Waals surface area contributed by atoms with Gasteiger partial charge in [0.05, 0.1) is 6.26 Å². The summed E-state index contributed by atoms with van der Waals surface area (Å²) < 4.78 is 23.7. The molecule has 0 aromatic rings.